The Morgan fingerprint density at radius 1 is 1.10 bits per heavy atom. The van der Waals surface area contributed by atoms with Crippen molar-refractivity contribution in [1.29, 1.82) is 0 Å². The molecule has 0 bridgehead atoms. The number of aromatic nitrogens is 2. The summed E-state index contributed by atoms with van der Waals surface area (Å²) in [5, 5.41) is 7.60. The lowest BCUT2D eigenvalue weighted by molar-refractivity contribution is 0.849. The first-order valence-corrected chi connectivity index (χ1v) is 7.60. The predicted molar refractivity (Wildman–Crippen MR) is 90.0 cm³/mol. The summed E-state index contributed by atoms with van der Waals surface area (Å²) in [6, 6.07) is 5.39. The average molecular weight is 325 g/mol. The van der Waals surface area contributed by atoms with Gasteiger partial charge in [-0.15, -0.1) is 0 Å². The van der Waals surface area contributed by atoms with Crippen molar-refractivity contribution in [3.05, 3.63) is 40.1 Å². The highest BCUT2D eigenvalue weighted by Crippen LogP contribution is 2.35. The highest BCUT2D eigenvalue weighted by molar-refractivity contribution is 6.39. The number of benzene rings is 1. The molecule has 1 aromatic heterocycles. The van der Waals surface area contributed by atoms with Crippen LogP contribution in [0.3, 0.4) is 0 Å². The first kappa shape index (κ1) is 15.9. The molecule has 0 fully saturated rings. The van der Waals surface area contributed by atoms with Gasteiger partial charge < -0.3 is 10.6 Å². The predicted octanol–water partition coefficient (Wildman–Crippen LogP) is 5.08. The van der Waals surface area contributed by atoms with E-state index in [1.165, 1.54) is 6.33 Å². The smallest absolute Gasteiger partial charge is 0.139 e. The zero-order valence-corrected chi connectivity index (χ0v) is 13.8. The Morgan fingerprint density at radius 2 is 1.71 bits per heavy atom. The lowest BCUT2D eigenvalue weighted by atomic mass is 10.0. The molecule has 0 unspecified atom stereocenters. The van der Waals surface area contributed by atoms with E-state index in [9.17, 15) is 0 Å². The summed E-state index contributed by atoms with van der Waals surface area (Å²) in [7, 11) is 0. The van der Waals surface area contributed by atoms with Gasteiger partial charge in [-0.3, -0.25) is 0 Å². The Balaban J connectivity index is 2.47. The molecule has 0 amide bonds. The van der Waals surface area contributed by atoms with Crippen molar-refractivity contribution in [3.63, 3.8) is 0 Å². The van der Waals surface area contributed by atoms with Gasteiger partial charge in [-0.2, -0.15) is 0 Å². The molecule has 6 heteroatoms. The molecule has 0 aliphatic carbocycles. The number of hydrogen-bond acceptors (Lipinski definition) is 4. The van der Waals surface area contributed by atoms with Gasteiger partial charge in [0, 0.05) is 12.1 Å². The Bertz CT molecular complexity index is 609. The van der Waals surface area contributed by atoms with Crippen LogP contribution in [0.4, 0.5) is 17.3 Å². The minimum Gasteiger partial charge on any atom is -0.370 e. The van der Waals surface area contributed by atoms with Crippen LogP contribution in [0.2, 0.25) is 10.0 Å². The van der Waals surface area contributed by atoms with E-state index in [0.29, 0.717) is 21.6 Å². The first-order chi connectivity index (χ1) is 10.0. The van der Waals surface area contributed by atoms with Gasteiger partial charge in [0.05, 0.1) is 15.7 Å². The molecule has 0 saturated carbocycles. The van der Waals surface area contributed by atoms with Gasteiger partial charge in [0.25, 0.3) is 0 Å². The van der Waals surface area contributed by atoms with Gasteiger partial charge in [0.15, 0.2) is 0 Å². The largest absolute Gasteiger partial charge is 0.370 e. The zero-order valence-electron chi connectivity index (χ0n) is 12.2. The maximum absolute atomic E-state index is 6.21. The second kappa shape index (κ2) is 6.96. The van der Waals surface area contributed by atoms with E-state index in [1.807, 2.05) is 13.0 Å². The molecule has 2 aromatic rings. The molecule has 0 aliphatic heterocycles. The third kappa shape index (κ3) is 3.57. The van der Waals surface area contributed by atoms with Crippen LogP contribution in [0.15, 0.2) is 24.5 Å². The summed E-state index contributed by atoms with van der Waals surface area (Å²) < 4.78 is 0. The summed E-state index contributed by atoms with van der Waals surface area (Å²) in [5.74, 6) is 1.79. The van der Waals surface area contributed by atoms with E-state index in [1.54, 1.807) is 12.1 Å². The number of para-hydroxylation sites is 1. The van der Waals surface area contributed by atoms with Crippen molar-refractivity contribution in [1.82, 2.24) is 9.97 Å². The molecule has 0 saturated heterocycles. The summed E-state index contributed by atoms with van der Waals surface area (Å²) in [6.07, 6.45) is 1.52. The van der Waals surface area contributed by atoms with Gasteiger partial charge in [-0.25, -0.2) is 9.97 Å². The van der Waals surface area contributed by atoms with E-state index in [2.05, 4.69) is 34.4 Å². The third-order valence-corrected chi connectivity index (χ3v) is 3.64. The molecule has 2 N–H and O–H groups in total. The van der Waals surface area contributed by atoms with Gasteiger partial charge in [0.1, 0.15) is 18.0 Å². The summed E-state index contributed by atoms with van der Waals surface area (Å²) in [6.45, 7) is 7.02. The van der Waals surface area contributed by atoms with E-state index in [4.69, 9.17) is 23.2 Å². The van der Waals surface area contributed by atoms with Crippen molar-refractivity contribution in [2.24, 2.45) is 0 Å². The molecule has 0 spiro atoms. The number of hydrogen-bond donors (Lipinski definition) is 2. The highest BCUT2D eigenvalue weighted by atomic mass is 35.5. The van der Waals surface area contributed by atoms with E-state index in [-0.39, 0.29) is 5.92 Å². The van der Waals surface area contributed by atoms with Crippen LogP contribution in [0.1, 0.15) is 32.3 Å². The Labute approximate surface area is 134 Å². The van der Waals surface area contributed by atoms with Crippen LogP contribution in [0.25, 0.3) is 0 Å². The summed E-state index contributed by atoms with van der Waals surface area (Å²) >= 11 is 12.4. The Hall–Kier alpha value is -1.52. The normalized spacial score (nSPS) is 10.8. The minimum absolute atomic E-state index is 0.254. The summed E-state index contributed by atoms with van der Waals surface area (Å²) in [4.78, 5) is 8.65. The standard InChI is InChI=1S/C15H18Cl2N4/c1-4-18-14-12(9(2)3)15(20-8-19-14)21-13-10(16)6-5-7-11(13)17/h5-9H,4H2,1-3H3,(H2,18,19,20,21). The van der Waals surface area contributed by atoms with Crippen LogP contribution in [0, 0.1) is 0 Å². The fourth-order valence-electron chi connectivity index (χ4n) is 2.09. The molecular formula is C15H18Cl2N4. The highest BCUT2D eigenvalue weighted by Gasteiger charge is 2.16. The topological polar surface area (TPSA) is 49.8 Å². The van der Waals surface area contributed by atoms with Crippen LogP contribution in [-0.2, 0) is 0 Å². The maximum Gasteiger partial charge on any atom is 0.139 e. The van der Waals surface area contributed by atoms with Gasteiger partial charge in [0.2, 0.25) is 0 Å². The molecule has 2 rings (SSSR count). The molecule has 21 heavy (non-hydrogen) atoms. The lowest BCUT2D eigenvalue weighted by Crippen LogP contribution is -2.09. The molecule has 1 aromatic carbocycles. The zero-order chi connectivity index (χ0) is 15.4. The Morgan fingerprint density at radius 3 is 2.29 bits per heavy atom. The second-order valence-corrected chi connectivity index (χ2v) is 5.71. The molecule has 0 aliphatic rings. The molecule has 4 nitrogen and oxygen atoms in total. The minimum atomic E-state index is 0.254. The van der Waals surface area contributed by atoms with Crippen LogP contribution in [-0.4, -0.2) is 16.5 Å². The van der Waals surface area contributed by atoms with Crippen molar-refractivity contribution in [2.45, 2.75) is 26.7 Å². The van der Waals surface area contributed by atoms with Crippen molar-refractivity contribution >= 4 is 40.5 Å². The van der Waals surface area contributed by atoms with Crippen LogP contribution < -0.4 is 10.6 Å². The quantitative estimate of drug-likeness (QED) is 0.804. The number of rotatable bonds is 5. The van der Waals surface area contributed by atoms with Crippen molar-refractivity contribution in [3.8, 4) is 0 Å². The molecular weight excluding hydrogens is 307 g/mol. The van der Waals surface area contributed by atoms with Crippen molar-refractivity contribution < 1.29 is 0 Å². The monoisotopic (exact) mass is 324 g/mol. The maximum atomic E-state index is 6.21. The van der Waals surface area contributed by atoms with Crippen LogP contribution in [0.5, 0.6) is 0 Å². The number of halogens is 2. The number of anilines is 3. The second-order valence-electron chi connectivity index (χ2n) is 4.89. The lowest BCUT2D eigenvalue weighted by Gasteiger charge is -2.18. The molecule has 0 radical (unpaired) electrons. The third-order valence-electron chi connectivity index (χ3n) is 3.01. The van der Waals surface area contributed by atoms with E-state index < -0.39 is 0 Å². The summed E-state index contributed by atoms with van der Waals surface area (Å²) in [5.41, 5.74) is 1.67. The van der Waals surface area contributed by atoms with Gasteiger partial charge in [-0.1, -0.05) is 43.1 Å². The van der Waals surface area contributed by atoms with E-state index in [0.717, 1.165) is 17.9 Å². The number of nitrogens with zero attached hydrogens (tertiary/aromatic N) is 2. The van der Waals surface area contributed by atoms with Crippen LogP contribution >= 0.6 is 23.2 Å². The first-order valence-electron chi connectivity index (χ1n) is 6.84. The van der Waals surface area contributed by atoms with Gasteiger partial charge in [-0.05, 0) is 25.0 Å². The fraction of sp³-hybridized carbons (Fsp3) is 0.333. The van der Waals surface area contributed by atoms with E-state index >= 15 is 0 Å². The SMILES string of the molecule is CCNc1ncnc(Nc2c(Cl)cccc2Cl)c1C(C)C. The fourth-order valence-corrected chi connectivity index (χ4v) is 2.58. The van der Waals surface area contributed by atoms with Crippen molar-refractivity contribution in [2.75, 3.05) is 17.2 Å². The molecule has 1 heterocycles. The Kier molecular flexibility index (Phi) is 5.26. The molecule has 112 valence electrons. The molecule has 0 atom stereocenters. The van der Waals surface area contributed by atoms with Gasteiger partial charge >= 0.3 is 0 Å². The number of nitrogens with one attached hydrogen (secondary N) is 2. The average Bonchev–Trinajstić information content (AvgIpc) is 2.43.